The van der Waals surface area contributed by atoms with Crippen molar-refractivity contribution in [3.63, 3.8) is 0 Å². The van der Waals surface area contributed by atoms with Crippen molar-refractivity contribution in [1.29, 1.82) is 0 Å². The highest BCUT2D eigenvalue weighted by Gasteiger charge is 2.03. The zero-order valence-electron chi connectivity index (χ0n) is 11.5. The predicted octanol–water partition coefficient (Wildman–Crippen LogP) is 4.40. The van der Waals surface area contributed by atoms with E-state index in [-0.39, 0.29) is 0 Å². The Hall–Kier alpha value is -0.730. The van der Waals surface area contributed by atoms with E-state index in [1.165, 1.54) is 6.42 Å². The van der Waals surface area contributed by atoms with Gasteiger partial charge in [-0.25, -0.2) is 4.79 Å². The highest BCUT2D eigenvalue weighted by atomic mass is 16.7. The summed E-state index contributed by atoms with van der Waals surface area (Å²) in [4.78, 5) is 10.9. The summed E-state index contributed by atoms with van der Waals surface area (Å²) in [5.41, 5.74) is 0. The Kier molecular flexibility index (Phi) is 15.7. The van der Waals surface area contributed by atoms with Crippen LogP contribution >= 0.6 is 0 Å². The van der Waals surface area contributed by atoms with Gasteiger partial charge in [0.15, 0.2) is 0 Å². The lowest BCUT2D eigenvalue weighted by Gasteiger charge is -2.07. The van der Waals surface area contributed by atoms with Gasteiger partial charge in [0.2, 0.25) is 0 Å². The lowest BCUT2D eigenvalue weighted by atomic mass is 10.2. The molecule has 0 amide bonds. The van der Waals surface area contributed by atoms with Crippen LogP contribution in [0, 0.1) is 5.92 Å². The van der Waals surface area contributed by atoms with Crippen molar-refractivity contribution in [1.82, 2.24) is 0 Å². The highest BCUT2D eigenvalue weighted by Crippen LogP contribution is 1.98. The van der Waals surface area contributed by atoms with Gasteiger partial charge in [-0.2, -0.15) is 0 Å². The number of hydrogen-bond acceptors (Lipinski definition) is 3. The van der Waals surface area contributed by atoms with E-state index in [0.29, 0.717) is 19.1 Å². The van der Waals surface area contributed by atoms with Gasteiger partial charge in [-0.05, 0) is 12.3 Å². The van der Waals surface area contributed by atoms with E-state index in [0.717, 1.165) is 19.3 Å². The molecular formula is C13H28O3. The Bertz CT molecular complexity index is 144. The van der Waals surface area contributed by atoms with Gasteiger partial charge in [0.1, 0.15) is 0 Å². The van der Waals surface area contributed by atoms with Gasteiger partial charge in [0, 0.05) is 0 Å². The standard InChI is InChI=1S/C10H20O3.C3H8/c1-4-5-6-7-12-10(11)13-8-9(2)3;1-3-2/h9H,4-8H2,1-3H3;3H2,1-2H3. The van der Waals surface area contributed by atoms with Crippen LogP contribution in [0.2, 0.25) is 0 Å². The summed E-state index contributed by atoms with van der Waals surface area (Å²) in [5, 5.41) is 0. The number of carbonyl (C=O) groups is 1. The molecule has 0 N–H and O–H groups in total. The summed E-state index contributed by atoms with van der Waals surface area (Å²) in [7, 11) is 0. The van der Waals surface area contributed by atoms with Crippen LogP contribution in [0.5, 0.6) is 0 Å². The minimum absolute atomic E-state index is 0.364. The maximum atomic E-state index is 10.9. The minimum Gasteiger partial charge on any atom is -0.434 e. The second-order valence-corrected chi connectivity index (χ2v) is 4.22. The minimum atomic E-state index is -0.537. The van der Waals surface area contributed by atoms with Crippen LogP contribution in [0.25, 0.3) is 0 Å². The molecule has 98 valence electrons. The van der Waals surface area contributed by atoms with Gasteiger partial charge in [-0.1, -0.05) is 53.9 Å². The van der Waals surface area contributed by atoms with Crippen molar-refractivity contribution in [3.8, 4) is 0 Å². The Labute approximate surface area is 101 Å². The van der Waals surface area contributed by atoms with Gasteiger partial charge in [-0.15, -0.1) is 0 Å². The van der Waals surface area contributed by atoms with Crippen molar-refractivity contribution in [3.05, 3.63) is 0 Å². The van der Waals surface area contributed by atoms with Gasteiger partial charge in [0.05, 0.1) is 13.2 Å². The second-order valence-electron chi connectivity index (χ2n) is 4.22. The fraction of sp³-hybridized carbons (Fsp3) is 0.923. The summed E-state index contributed by atoms with van der Waals surface area (Å²) in [5.74, 6) is 0.364. The van der Waals surface area contributed by atoms with E-state index in [4.69, 9.17) is 9.47 Å². The third-order valence-electron chi connectivity index (χ3n) is 1.50. The molecule has 0 fully saturated rings. The molecule has 0 spiro atoms. The Morgan fingerprint density at radius 3 is 2.06 bits per heavy atom. The third kappa shape index (κ3) is 18.9. The van der Waals surface area contributed by atoms with Gasteiger partial charge in [-0.3, -0.25) is 0 Å². The number of unbranched alkanes of at least 4 members (excludes halogenated alkanes) is 2. The van der Waals surface area contributed by atoms with Crippen molar-refractivity contribution in [2.24, 2.45) is 5.92 Å². The van der Waals surface area contributed by atoms with E-state index in [1.54, 1.807) is 0 Å². The second kappa shape index (κ2) is 14.3. The SMILES string of the molecule is CCC.CCCCCOC(=O)OCC(C)C. The van der Waals surface area contributed by atoms with E-state index >= 15 is 0 Å². The fourth-order valence-electron chi connectivity index (χ4n) is 0.784. The predicted molar refractivity (Wildman–Crippen MR) is 67.6 cm³/mol. The monoisotopic (exact) mass is 232 g/mol. The molecule has 0 aliphatic heterocycles. The number of carbonyl (C=O) groups excluding carboxylic acids is 1. The fourth-order valence-corrected chi connectivity index (χ4v) is 0.784. The van der Waals surface area contributed by atoms with E-state index in [2.05, 4.69) is 20.8 Å². The van der Waals surface area contributed by atoms with Crippen LogP contribution in [-0.2, 0) is 9.47 Å². The van der Waals surface area contributed by atoms with Crippen LogP contribution < -0.4 is 0 Å². The first-order valence-electron chi connectivity index (χ1n) is 6.37. The number of hydrogen-bond donors (Lipinski definition) is 0. The molecule has 0 rings (SSSR count). The molecule has 0 saturated carbocycles. The molecule has 0 radical (unpaired) electrons. The molecule has 0 unspecified atom stereocenters. The molecule has 0 bridgehead atoms. The summed E-state index contributed by atoms with van der Waals surface area (Å²) >= 11 is 0. The lowest BCUT2D eigenvalue weighted by molar-refractivity contribution is 0.0465. The molecule has 0 saturated heterocycles. The maximum absolute atomic E-state index is 10.9. The topological polar surface area (TPSA) is 35.5 Å². The Balaban J connectivity index is 0. The molecule has 0 aliphatic carbocycles. The van der Waals surface area contributed by atoms with Crippen LogP contribution in [0.3, 0.4) is 0 Å². The first kappa shape index (κ1) is 17.7. The summed E-state index contributed by atoms with van der Waals surface area (Å²) in [6, 6.07) is 0. The average molecular weight is 232 g/mol. The lowest BCUT2D eigenvalue weighted by Crippen LogP contribution is -2.12. The van der Waals surface area contributed by atoms with Crippen LogP contribution in [0.15, 0.2) is 0 Å². The molecule has 3 nitrogen and oxygen atoms in total. The summed E-state index contributed by atoms with van der Waals surface area (Å²) in [6.45, 7) is 11.3. The van der Waals surface area contributed by atoms with Gasteiger partial charge >= 0.3 is 6.16 Å². The highest BCUT2D eigenvalue weighted by molar-refractivity contribution is 5.59. The summed E-state index contributed by atoms with van der Waals surface area (Å²) < 4.78 is 9.66. The third-order valence-corrected chi connectivity index (χ3v) is 1.50. The zero-order valence-corrected chi connectivity index (χ0v) is 11.5. The quantitative estimate of drug-likeness (QED) is 0.503. The van der Waals surface area contributed by atoms with E-state index in [9.17, 15) is 4.79 Å². The van der Waals surface area contributed by atoms with Crippen LogP contribution in [0.1, 0.15) is 60.3 Å². The van der Waals surface area contributed by atoms with Gasteiger partial charge < -0.3 is 9.47 Å². The van der Waals surface area contributed by atoms with E-state index < -0.39 is 6.16 Å². The molecule has 0 heterocycles. The molecule has 3 heteroatoms. The Morgan fingerprint density at radius 1 is 1.06 bits per heavy atom. The van der Waals surface area contributed by atoms with Crippen molar-refractivity contribution in [2.45, 2.75) is 60.3 Å². The van der Waals surface area contributed by atoms with E-state index in [1.807, 2.05) is 13.8 Å². The largest absolute Gasteiger partial charge is 0.508 e. The smallest absolute Gasteiger partial charge is 0.434 e. The van der Waals surface area contributed by atoms with Crippen LogP contribution in [0.4, 0.5) is 4.79 Å². The number of ether oxygens (including phenoxy) is 2. The molecule has 0 aromatic rings. The van der Waals surface area contributed by atoms with Crippen molar-refractivity contribution >= 4 is 6.16 Å². The normalized spacial score (nSPS) is 9.38. The van der Waals surface area contributed by atoms with Crippen molar-refractivity contribution in [2.75, 3.05) is 13.2 Å². The molecule has 0 atom stereocenters. The van der Waals surface area contributed by atoms with Crippen molar-refractivity contribution < 1.29 is 14.3 Å². The zero-order chi connectivity index (χ0) is 12.8. The Morgan fingerprint density at radius 2 is 1.62 bits per heavy atom. The maximum Gasteiger partial charge on any atom is 0.508 e. The molecule has 0 aromatic heterocycles. The average Bonchev–Trinajstić information content (AvgIpc) is 2.23. The first-order chi connectivity index (χ1) is 7.58. The molecule has 0 aliphatic rings. The summed E-state index contributed by atoms with van der Waals surface area (Å²) in [6.07, 6.45) is 3.86. The molecular weight excluding hydrogens is 204 g/mol. The molecule has 0 aromatic carbocycles. The van der Waals surface area contributed by atoms with Crippen LogP contribution in [-0.4, -0.2) is 19.4 Å². The first-order valence-corrected chi connectivity index (χ1v) is 6.37. The number of rotatable bonds is 6. The molecule has 16 heavy (non-hydrogen) atoms. The van der Waals surface area contributed by atoms with Gasteiger partial charge in [0.25, 0.3) is 0 Å².